The van der Waals surface area contributed by atoms with Gasteiger partial charge in [0.1, 0.15) is 5.82 Å². The molecule has 1 saturated carbocycles. The molecule has 1 atom stereocenters. The first-order valence-electron chi connectivity index (χ1n) is 7.38. The van der Waals surface area contributed by atoms with Crippen LogP contribution in [0, 0.1) is 11.7 Å². The number of halogens is 2. The van der Waals surface area contributed by atoms with Crippen molar-refractivity contribution in [3.63, 3.8) is 0 Å². The predicted molar refractivity (Wildman–Crippen MR) is 78.9 cm³/mol. The molecule has 1 nitrogen and oxygen atoms in total. The second kappa shape index (κ2) is 7.25. The second-order valence-corrected chi connectivity index (χ2v) is 5.90. The van der Waals surface area contributed by atoms with Crippen molar-refractivity contribution < 1.29 is 4.39 Å². The first-order chi connectivity index (χ1) is 9.22. The Morgan fingerprint density at radius 1 is 1.32 bits per heavy atom. The van der Waals surface area contributed by atoms with E-state index in [1.165, 1.54) is 38.2 Å². The van der Waals surface area contributed by atoms with Gasteiger partial charge in [-0.2, -0.15) is 0 Å². The van der Waals surface area contributed by atoms with Gasteiger partial charge in [-0.15, -0.1) is 0 Å². The summed E-state index contributed by atoms with van der Waals surface area (Å²) < 4.78 is 13.7. The minimum atomic E-state index is -0.210. The van der Waals surface area contributed by atoms with Gasteiger partial charge in [-0.1, -0.05) is 43.9 Å². The monoisotopic (exact) mass is 283 g/mol. The van der Waals surface area contributed by atoms with Crippen LogP contribution in [0.2, 0.25) is 5.02 Å². The van der Waals surface area contributed by atoms with Crippen molar-refractivity contribution in [3.05, 3.63) is 34.6 Å². The summed E-state index contributed by atoms with van der Waals surface area (Å²) in [6.45, 7) is 2.73. The second-order valence-electron chi connectivity index (χ2n) is 5.49. The highest BCUT2D eigenvalue weighted by Crippen LogP contribution is 2.28. The number of hydrogen-bond acceptors (Lipinski definition) is 1. The number of benzene rings is 1. The van der Waals surface area contributed by atoms with Gasteiger partial charge >= 0.3 is 0 Å². The molecule has 0 saturated heterocycles. The van der Waals surface area contributed by atoms with Crippen molar-refractivity contribution in [2.24, 2.45) is 5.92 Å². The lowest BCUT2D eigenvalue weighted by molar-refractivity contribution is 0.261. The number of nitrogens with one attached hydrogen (secondary N) is 1. The van der Waals surface area contributed by atoms with Crippen molar-refractivity contribution in [1.82, 2.24) is 5.32 Å². The molecule has 0 heterocycles. The van der Waals surface area contributed by atoms with E-state index in [2.05, 4.69) is 12.2 Å². The first-order valence-corrected chi connectivity index (χ1v) is 7.76. The van der Waals surface area contributed by atoms with E-state index in [-0.39, 0.29) is 5.82 Å². The van der Waals surface area contributed by atoms with Crippen LogP contribution in [-0.4, -0.2) is 6.04 Å². The maximum atomic E-state index is 13.7. The van der Waals surface area contributed by atoms with E-state index in [4.69, 9.17) is 11.6 Å². The normalized spacial score (nSPS) is 18.5. The smallest absolute Gasteiger partial charge is 0.129 e. The van der Waals surface area contributed by atoms with Gasteiger partial charge in [-0.05, 0) is 37.3 Å². The molecule has 0 aromatic heterocycles. The maximum Gasteiger partial charge on any atom is 0.129 e. The zero-order valence-corrected chi connectivity index (χ0v) is 12.3. The van der Waals surface area contributed by atoms with Gasteiger partial charge in [0.2, 0.25) is 0 Å². The molecule has 3 heteroatoms. The van der Waals surface area contributed by atoms with Crippen LogP contribution in [0.1, 0.15) is 51.0 Å². The molecule has 2 rings (SSSR count). The van der Waals surface area contributed by atoms with Crippen molar-refractivity contribution in [2.45, 2.75) is 58.0 Å². The third-order valence-electron chi connectivity index (χ3n) is 4.26. The summed E-state index contributed by atoms with van der Waals surface area (Å²) >= 11 is 6.06. The van der Waals surface area contributed by atoms with E-state index < -0.39 is 0 Å². The molecule has 0 aliphatic heterocycles. The maximum absolute atomic E-state index is 13.7. The minimum absolute atomic E-state index is 0.210. The van der Waals surface area contributed by atoms with Crippen LogP contribution >= 0.6 is 11.6 Å². The Bertz CT molecular complexity index is 381. The molecule has 19 heavy (non-hydrogen) atoms. The molecule has 1 N–H and O–H groups in total. The fourth-order valence-electron chi connectivity index (χ4n) is 3.12. The molecule has 1 aliphatic rings. The number of hydrogen-bond donors (Lipinski definition) is 1. The van der Waals surface area contributed by atoms with Crippen LogP contribution in [0.4, 0.5) is 4.39 Å². The highest BCUT2D eigenvalue weighted by atomic mass is 35.5. The van der Waals surface area contributed by atoms with Crippen molar-refractivity contribution >= 4 is 11.6 Å². The Labute approximate surface area is 120 Å². The largest absolute Gasteiger partial charge is 0.309 e. The van der Waals surface area contributed by atoms with Gasteiger partial charge in [0, 0.05) is 23.2 Å². The molecule has 1 unspecified atom stereocenters. The molecular formula is C16H23ClFN. The quantitative estimate of drug-likeness (QED) is 0.808. The van der Waals surface area contributed by atoms with Gasteiger partial charge in [0.05, 0.1) is 0 Å². The van der Waals surface area contributed by atoms with Gasteiger partial charge in [-0.3, -0.25) is 0 Å². The minimum Gasteiger partial charge on any atom is -0.309 e. The lowest BCUT2D eigenvalue weighted by Gasteiger charge is -2.30. The highest BCUT2D eigenvalue weighted by Gasteiger charge is 2.22. The van der Waals surface area contributed by atoms with E-state index in [1.807, 2.05) is 0 Å². The van der Waals surface area contributed by atoms with Gasteiger partial charge in [0.15, 0.2) is 0 Å². The lowest BCUT2D eigenvalue weighted by atomic mass is 9.83. The SMILES string of the molecule is CCC(NCc1c(F)cccc1Cl)C1CCCCC1. The Balaban J connectivity index is 1.95. The van der Waals surface area contributed by atoms with Crippen LogP contribution in [0.15, 0.2) is 18.2 Å². The van der Waals surface area contributed by atoms with Gasteiger partial charge in [-0.25, -0.2) is 4.39 Å². The third-order valence-corrected chi connectivity index (χ3v) is 4.62. The van der Waals surface area contributed by atoms with E-state index in [0.717, 1.165) is 12.3 Å². The van der Waals surface area contributed by atoms with Crippen LogP contribution < -0.4 is 5.32 Å². The average Bonchev–Trinajstić information content (AvgIpc) is 2.43. The van der Waals surface area contributed by atoms with Gasteiger partial charge in [0.25, 0.3) is 0 Å². The zero-order valence-electron chi connectivity index (χ0n) is 11.6. The molecular weight excluding hydrogens is 261 g/mol. The van der Waals surface area contributed by atoms with E-state index in [9.17, 15) is 4.39 Å². The standard InChI is InChI=1S/C16H23ClFN/c1-2-16(12-7-4-3-5-8-12)19-11-13-14(17)9-6-10-15(13)18/h6,9-10,12,16,19H,2-5,7-8,11H2,1H3. The van der Waals surface area contributed by atoms with E-state index in [0.29, 0.717) is 23.2 Å². The highest BCUT2D eigenvalue weighted by molar-refractivity contribution is 6.31. The Morgan fingerprint density at radius 3 is 2.68 bits per heavy atom. The number of rotatable bonds is 5. The summed E-state index contributed by atoms with van der Waals surface area (Å²) in [5.41, 5.74) is 0.596. The van der Waals surface area contributed by atoms with E-state index >= 15 is 0 Å². The molecule has 0 spiro atoms. The topological polar surface area (TPSA) is 12.0 Å². The summed E-state index contributed by atoms with van der Waals surface area (Å²) in [6, 6.07) is 5.36. The molecule has 1 fully saturated rings. The first kappa shape index (κ1) is 14.8. The Morgan fingerprint density at radius 2 is 2.05 bits per heavy atom. The molecule has 0 bridgehead atoms. The summed E-state index contributed by atoms with van der Waals surface area (Å²) in [7, 11) is 0. The summed E-state index contributed by atoms with van der Waals surface area (Å²) in [6.07, 6.45) is 7.74. The lowest BCUT2D eigenvalue weighted by Crippen LogP contribution is -2.36. The van der Waals surface area contributed by atoms with Crippen LogP contribution in [-0.2, 0) is 6.54 Å². The molecule has 1 aromatic rings. The Hall–Kier alpha value is -0.600. The van der Waals surface area contributed by atoms with E-state index in [1.54, 1.807) is 12.1 Å². The summed E-state index contributed by atoms with van der Waals surface area (Å²) in [5, 5.41) is 4.03. The molecule has 0 amide bonds. The fraction of sp³-hybridized carbons (Fsp3) is 0.625. The van der Waals surface area contributed by atoms with Gasteiger partial charge < -0.3 is 5.32 Å². The molecule has 106 valence electrons. The predicted octanol–water partition coefficient (Wildman–Crippen LogP) is 4.93. The van der Waals surface area contributed by atoms with Crippen LogP contribution in [0.5, 0.6) is 0 Å². The molecule has 0 radical (unpaired) electrons. The van der Waals surface area contributed by atoms with Crippen LogP contribution in [0.25, 0.3) is 0 Å². The molecule has 1 aliphatic carbocycles. The average molecular weight is 284 g/mol. The van der Waals surface area contributed by atoms with Crippen molar-refractivity contribution in [1.29, 1.82) is 0 Å². The fourth-order valence-corrected chi connectivity index (χ4v) is 3.35. The third kappa shape index (κ3) is 3.93. The summed E-state index contributed by atoms with van der Waals surface area (Å²) in [5.74, 6) is 0.530. The van der Waals surface area contributed by atoms with Crippen LogP contribution in [0.3, 0.4) is 0 Å². The Kier molecular flexibility index (Phi) is 5.65. The van der Waals surface area contributed by atoms with Crippen molar-refractivity contribution in [3.8, 4) is 0 Å². The zero-order chi connectivity index (χ0) is 13.7. The molecule has 1 aromatic carbocycles. The van der Waals surface area contributed by atoms with Crippen molar-refractivity contribution in [2.75, 3.05) is 0 Å². The summed E-state index contributed by atoms with van der Waals surface area (Å²) in [4.78, 5) is 0.